The summed E-state index contributed by atoms with van der Waals surface area (Å²) in [4.78, 5) is 15.7. The van der Waals surface area contributed by atoms with Gasteiger partial charge in [-0.15, -0.1) is 0 Å². The van der Waals surface area contributed by atoms with Crippen LogP contribution in [0.4, 0.5) is 0 Å². The molecule has 0 unspecified atom stereocenters. The van der Waals surface area contributed by atoms with E-state index in [-0.39, 0.29) is 5.78 Å². The number of hydrogen-bond acceptors (Lipinski definition) is 3. The Morgan fingerprint density at radius 3 is 3.27 bits per heavy atom. The Labute approximate surface area is 71.4 Å². The standard InChI is InChI=1S/C7H10BNOS/c1-6(10)5-11-7-8-3-2-4-9-7/h4H,2-3,5H2,1H3. The number of aliphatic imine (C=N–C) groups is 1. The molecule has 0 saturated heterocycles. The molecule has 11 heavy (non-hydrogen) atoms. The van der Waals surface area contributed by atoms with E-state index in [9.17, 15) is 4.79 Å². The molecule has 0 N–H and O–H groups in total. The fourth-order valence-corrected chi connectivity index (χ4v) is 1.50. The summed E-state index contributed by atoms with van der Waals surface area (Å²) >= 11 is 1.52. The van der Waals surface area contributed by atoms with Crippen LogP contribution in [0.3, 0.4) is 0 Å². The first-order valence-electron chi connectivity index (χ1n) is 3.64. The minimum atomic E-state index is 0.205. The minimum absolute atomic E-state index is 0.205. The molecule has 0 saturated carbocycles. The number of carbonyl (C=O) groups is 1. The molecular formula is C7H10BNOS. The van der Waals surface area contributed by atoms with Crippen LogP contribution in [0, 0.1) is 0 Å². The van der Waals surface area contributed by atoms with Gasteiger partial charge in [0.05, 0.1) is 0 Å². The summed E-state index contributed by atoms with van der Waals surface area (Å²) in [6, 6.07) is 0. The van der Waals surface area contributed by atoms with Gasteiger partial charge in [-0.3, -0.25) is 0 Å². The molecule has 1 heterocycles. The number of carbonyl (C=O) groups excluding carboxylic acids is 1. The van der Waals surface area contributed by atoms with Crippen LogP contribution >= 0.6 is 11.8 Å². The van der Waals surface area contributed by atoms with Crippen molar-refractivity contribution >= 4 is 35.6 Å². The summed E-state index contributed by atoms with van der Waals surface area (Å²) in [5.41, 5.74) is 0. The van der Waals surface area contributed by atoms with Crippen LogP contribution in [0.2, 0.25) is 6.32 Å². The second kappa shape index (κ2) is 4.49. The van der Waals surface area contributed by atoms with Crippen molar-refractivity contribution in [1.29, 1.82) is 0 Å². The van der Waals surface area contributed by atoms with Gasteiger partial charge < -0.3 is 0 Å². The van der Waals surface area contributed by atoms with Crippen LogP contribution in [0.5, 0.6) is 0 Å². The molecule has 58 valence electrons. The Kier molecular flexibility index (Phi) is 3.56. The van der Waals surface area contributed by atoms with Crippen LogP contribution < -0.4 is 0 Å². The third-order valence-corrected chi connectivity index (χ3v) is 2.38. The second-order valence-electron chi connectivity index (χ2n) is 2.42. The fraction of sp³-hybridized carbons (Fsp3) is 0.571. The number of rotatable bonds is 3. The third-order valence-electron chi connectivity index (χ3n) is 1.26. The quantitative estimate of drug-likeness (QED) is 0.586. The van der Waals surface area contributed by atoms with E-state index >= 15 is 0 Å². The van der Waals surface area contributed by atoms with Crippen LogP contribution in [-0.4, -0.2) is 29.6 Å². The average molecular weight is 167 g/mol. The number of Topliss-reactive ketones (excluding diaryl/α,β-unsaturated/α-hetero) is 1. The van der Waals surface area contributed by atoms with Gasteiger partial charge in [-0.1, -0.05) is 0 Å². The Morgan fingerprint density at radius 2 is 2.73 bits per heavy atom. The van der Waals surface area contributed by atoms with Crippen molar-refractivity contribution in [3.63, 3.8) is 0 Å². The van der Waals surface area contributed by atoms with E-state index in [1.54, 1.807) is 6.92 Å². The monoisotopic (exact) mass is 167 g/mol. The van der Waals surface area contributed by atoms with Crippen molar-refractivity contribution in [1.82, 2.24) is 0 Å². The van der Waals surface area contributed by atoms with E-state index in [2.05, 4.69) is 11.9 Å². The van der Waals surface area contributed by atoms with Crippen molar-refractivity contribution in [2.45, 2.75) is 19.7 Å². The summed E-state index contributed by atoms with van der Waals surface area (Å²) in [5.74, 6) is 0.750. The van der Waals surface area contributed by atoms with Crippen molar-refractivity contribution in [2.75, 3.05) is 5.75 Å². The van der Waals surface area contributed by atoms with Gasteiger partial charge in [-0.25, -0.2) is 0 Å². The molecule has 0 atom stereocenters. The van der Waals surface area contributed by atoms with E-state index in [1.165, 1.54) is 11.8 Å². The molecule has 1 aliphatic rings. The van der Waals surface area contributed by atoms with Gasteiger partial charge >= 0.3 is 70.8 Å². The molecule has 2 nitrogen and oxygen atoms in total. The maximum atomic E-state index is 10.6. The first-order valence-corrected chi connectivity index (χ1v) is 4.62. The van der Waals surface area contributed by atoms with Gasteiger partial charge in [0.1, 0.15) is 0 Å². The zero-order chi connectivity index (χ0) is 8.10. The molecule has 0 aliphatic carbocycles. The fourth-order valence-electron chi connectivity index (χ4n) is 0.760. The molecule has 0 fully saturated rings. The number of ketones is 1. The average Bonchev–Trinajstić information content (AvgIpc) is 2.03. The number of hydrogen-bond donors (Lipinski definition) is 0. The van der Waals surface area contributed by atoms with Gasteiger partial charge in [0.15, 0.2) is 0 Å². The summed E-state index contributed by atoms with van der Waals surface area (Å²) in [5, 5.41) is 0. The molecule has 0 aromatic heterocycles. The molecule has 1 aliphatic heterocycles. The summed E-state index contributed by atoms with van der Waals surface area (Å²) in [7, 11) is 0. The predicted octanol–water partition coefficient (Wildman–Crippen LogP) is 0.993. The van der Waals surface area contributed by atoms with E-state index in [0.29, 0.717) is 5.75 Å². The molecule has 0 bridgehead atoms. The van der Waals surface area contributed by atoms with Crippen LogP contribution in [0.15, 0.2) is 4.99 Å². The van der Waals surface area contributed by atoms with E-state index < -0.39 is 0 Å². The SMILES string of the molecule is CC(=O)CSC1=BCCC=N1. The van der Waals surface area contributed by atoms with Gasteiger partial charge in [0, 0.05) is 0 Å². The van der Waals surface area contributed by atoms with Crippen molar-refractivity contribution < 1.29 is 4.79 Å². The molecule has 0 aromatic carbocycles. The zero-order valence-electron chi connectivity index (χ0n) is 6.54. The normalized spacial score (nSPS) is 15.5. The topological polar surface area (TPSA) is 29.4 Å². The molecule has 0 radical (unpaired) electrons. The first-order chi connectivity index (χ1) is 5.29. The number of nitrogens with zero attached hydrogens (tertiary/aromatic N) is 1. The van der Waals surface area contributed by atoms with Crippen molar-refractivity contribution in [2.24, 2.45) is 4.99 Å². The van der Waals surface area contributed by atoms with Crippen molar-refractivity contribution in [3.8, 4) is 0 Å². The second-order valence-corrected chi connectivity index (χ2v) is 3.42. The summed E-state index contributed by atoms with van der Waals surface area (Å²) < 4.78 is 0. The zero-order valence-corrected chi connectivity index (χ0v) is 7.36. The van der Waals surface area contributed by atoms with E-state index in [0.717, 1.165) is 17.7 Å². The van der Waals surface area contributed by atoms with Gasteiger partial charge in [0.2, 0.25) is 0 Å². The third kappa shape index (κ3) is 3.51. The number of thioether (sulfide) groups is 1. The molecule has 1 rings (SSSR count). The van der Waals surface area contributed by atoms with E-state index in [1.807, 2.05) is 6.21 Å². The summed E-state index contributed by atoms with van der Waals surface area (Å²) in [6.45, 7) is 3.67. The molecule has 0 amide bonds. The maximum absolute atomic E-state index is 10.6. The Balaban J connectivity index is 2.31. The predicted molar refractivity (Wildman–Crippen MR) is 51.8 cm³/mol. The molecule has 0 aromatic rings. The van der Waals surface area contributed by atoms with Gasteiger partial charge in [0.25, 0.3) is 0 Å². The van der Waals surface area contributed by atoms with Crippen LogP contribution in [0.25, 0.3) is 0 Å². The molecule has 4 heteroatoms. The van der Waals surface area contributed by atoms with Gasteiger partial charge in [-0.2, -0.15) is 0 Å². The van der Waals surface area contributed by atoms with Crippen molar-refractivity contribution in [3.05, 3.63) is 0 Å². The first kappa shape index (κ1) is 8.72. The molecule has 0 spiro atoms. The Morgan fingerprint density at radius 1 is 1.91 bits per heavy atom. The van der Waals surface area contributed by atoms with E-state index in [4.69, 9.17) is 0 Å². The molecular weight excluding hydrogens is 157 g/mol. The summed E-state index contributed by atoms with van der Waals surface area (Å²) in [6.07, 6.45) is 4.00. The van der Waals surface area contributed by atoms with Gasteiger partial charge in [-0.05, 0) is 0 Å². The Bertz CT molecular complexity index is 212. The van der Waals surface area contributed by atoms with Crippen LogP contribution in [0.1, 0.15) is 13.3 Å². The Hall–Kier alpha value is -0.375. The van der Waals surface area contributed by atoms with Crippen LogP contribution in [-0.2, 0) is 4.79 Å².